The summed E-state index contributed by atoms with van der Waals surface area (Å²) in [5.41, 5.74) is 2.17. The van der Waals surface area contributed by atoms with Crippen molar-refractivity contribution in [3.05, 3.63) is 29.3 Å². The molecule has 0 unspecified atom stereocenters. The zero-order chi connectivity index (χ0) is 15.5. The van der Waals surface area contributed by atoms with Gasteiger partial charge in [-0.2, -0.15) is 16.1 Å². The molecule has 1 aliphatic heterocycles. The molecule has 0 spiro atoms. The van der Waals surface area contributed by atoms with Crippen LogP contribution in [0.2, 0.25) is 0 Å². The van der Waals surface area contributed by atoms with Gasteiger partial charge in [0, 0.05) is 37.2 Å². The molecule has 21 heavy (non-hydrogen) atoms. The fourth-order valence-electron chi connectivity index (χ4n) is 2.25. The van der Waals surface area contributed by atoms with Crippen LogP contribution in [0.3, 0.4) is 0 Å². The van der Waals surface area contributed by atoms with Crippen LogP contribution in [0.1, 0.15) is 25.0 Å². The van der Waals surface area contributed by atoms with E-state index < -0.39 is 10.0 Å². The van der Waals surface area contributed by atoms with Crippen molar-refractivity contribution in [1.29, 1.82) is 0 Å². The maximum absolute atomic E-state index is 12.7. The molecule has 0 bridgehead atoms. The van der Waals surface area contributed by atoms with Gasteiger partial charge in [-0.05, 0) is 30.2 Å². The Hall–Kier alpha value is -0.560. The number of benzene rings is 1. The fourth-order valence-corrected chi connectivity index (χ4v) is 4.88. The van der Waals surface area contributed by atoms with Crippen LogP contribution in [0.5, 0.6) is 0 Å². The maximum atomic E-state index is 12.7. The van der Waals surface area contributed by atoms with Crippen LogP contribution in [-0.4, -0.2) is 43.4 Å². The number of hydrogen-bond acceptors (Lipinski definition) is 4. The smallest absolute Gasteiger partial charge is 0.243 e. The van der Waals surface area contributed by atoms with Crippen LogP contribution in [0.15, 0.2) is 23.1 Å². The predicted molar refractivity (Wildman–Crippen MR) is 89.2 cm³/mol. The van der Waals surface area contributed by atoms with Gasteiger partial charge in [0.25, 0.3) is 0 Å². The molecule has 1 aliphatic rings. The maximum Gasteiger partial charge on any atom is 0.243 e. The van der Waals surface area contributed by atoms with E-state index in [1.54, 1.807) is 10.4 Å². The van der Waals surface area contributed by atoms with Crippen LogP contribution in [-0.2, 0) is 16.6 Å². The number of sulfonamides is 1. The van der Waals surface area contributed by atoms with Crippen molar-refractivity contribution >= 4 is 21.8 Å². The minimum absolute atomic E-state index is 0.379. The molecule has 1 aromatic carbocycles. The summed E-state index contributed by atoms with van der Waals surface area (Å²) in [6.45, 7) is 8.11. The van der Waals surface area contributed by atoms with Crippen molar-refractivity contribution in [2.75, 3.05) is 24.6 Å². The van der Waals surface area contributed by atoms with Gasteiger partial charge in [0.15, 0.2) is 0 Å². The van der Waals surface area contributed by atoms with Gasteiger partial charge in [-0.1, -0.05) is 19.9 Å². The summed E-state index contributed by atoms with van der Waals surface area (Å²) >= 11 is 1.81. The molecule has 0 amide bonds. The van der Waals surface area contributed by atoms with E-state index in [1.807, 2.05) is 30.8 Å². The molecular weight excluding hydrogens is 304 g/mol. The Bertz CT molecular complexity index is 579. The van der Waals surface area contributed by atoms with Crippen molar-refractivity contribution in [3.63, 3.8) is 0 Å². The van der Waals surface area contributed by atoms with Crippen molar-refractivity contribution in [2.45, 2.75) is 38.3 Å². The minimum Gasteiger partial charge on any atom is -0.310 e. The van der Waals surface area contributed by atoms with E-state index in [0.29, 0.717) is 30.6 Å². The lowest BCUT2D eigenvalue weighted by Crippen LogP contribution is -2.37. The quantitative estimate of drug-likeness (QED) is 0.900. The molecule has 1 fully saturated rings. The number of thioether (sulfide) groups is 1. The second-order valence-corrected chi connectivity index (χ2v) is 8.80. The third-order valence-electron chi connectivity index (χ3n) is 3.63. The number of nitrogens with zero attached hydrogens (tertiary/aromatic N) is 1. The van der Waals surface area contributed by atoms with Gasteiger partial charge in [-0.15, -0.1) is 0 Å². The van der Waals surface area contributed by atoms with Crippen LogP contribution in [0.25, 0.3) is 0 Å². The molecule has 0 saturated carbocycles. The predicted octanol–water partition coefficient (Wildman–Crippen LogP) is 2.23. The first-order chi connectivity index (χ1) is 9.91. The molecule has 2 rings (SSSR count). The average molecular weight is 329 g/mol. The summed E-state index contributed by atoms with van der Waals surface area (Å²) in [7, 11) is -3.35. The summed E-state index contributed by atoms with van der Waals surface area (Å²) in [6.07, 6.45) is 0. The van der Waals surface area contributed by atoms with E-state index in [4.69, 9.17) is 0 Å². The summed E-state index contributed by atoms with van der Waals surface area (Å²) in [4.78, 5) is 0.417. The van der Waals surface area contributed by atoms with Gasteiger partial charge in [0.2, 0.25) is 10.0 Å². The Morgan fingerprint density at radius 3 is 2.57 bits per heavy atom. The lowest BCUT2D eigenvalue weighted by Gasteiger charge is -2.26. The van der Waals surface area contributed by atoms with Gasteiger partial charge in [0.1, 0.15) is 0 Å². The van der Waals surface area contributed by atoms with Gasteiger partial charge in [-0.3, -0.25) is 0 Å². The second-order valence-electron chi connectivity index (χ2n) is 5.64. The summed E-state index contributed by atoms with van der Waals surface area (Å²) in [5, 5.41) is 3.35. The average Bonchev–Trinajstić information content (AvgIpc) is 2.47. The highest BCUT2D eigenvalue weighted by Gasteiger charge is 2.26. The molecule has 0 aromatic heterocycles. The van der Waals surface area contributed by atoms with Crippen LogP contribution >= 0.6 is 11.8 Å². The lowest BCUT2D eigenvalue weighted by atomic mass is 10.1. The zero-order valence-electron chi connectivity index (χ0n) is 12.9. The molecule has 4 nitrogen and oxygen atoms in total. The van der Waals surface area contributed by atoms with E-state index in [9.17, 15) is 8.42 Å². The van der Waals surface area contributed by atoms with Gasteiger partial charge < -0.3 is 5.32 Å². The standard InChI is InChI=1S/C15H24N2O2S2/c1-12(2)16-11-14-10-15(5-4-13(14)3)21(18,19)17-6-8-20-9-7-17/h4-5,10,12,16H,6-9,11H2,1-3H3. The third kappa shape index (κ3) is 4.22. The lowest BCUT2D eigenvalue weighted by molar-refractivity contribution is 0.443. The van der Waals surface area contributed by atoms with Crippen molar-refractivity contribution in [1.82, 2.24) is 9.62 Å². The van der Waals surface area contributed by atoms with Crippen molar-refractivity contribution in [2.24, 2.45) is 0 Å². The first kappa shape index (κ1) is 16.8. The highest BCUT2D eigenvalue weighted by molar-refractivity contribution is 7.99. The fraction of sp³-hybridized carbons (Fsp3) is 0.600. The Kier molecular flexibility index (Phi) is 5.71. The highest BCUT2D eigenvalue weighted by Crippen LogP contribution is 2.22. The van der Waals surface area contributed by atoms with Crippen LogP contribution in [0, 0.1) is 6.92 Å². The Morgan fingerprint density at radius 1 is 1.29 bits per heavy atom. The number of hydrogen-bond donors (Lipinski definition) is 1. The number of aryl methyl sites for hydroxylation is 1. The van der Waals surface area contributed by atoms with Gasteiger partial charge in [0.05, 0.1) is 4.90 Å². The zero-order valence-corrected chi connectivity index (χ0v) is 14.6. The monoisotopic (exact) mass is 328 g/mol. The molecule has 1 aromatic rings. The Labute approximate surface area is 132 Å². The minimum atomic E-state index is -3.35. The first-order valence-electron chi connectivity index (χ1n) is 7.32. The SMILES string of the molecule is Cc1ccc(S(=O)(=O)N2CCSCC2)cc1CNC(C)C. The Balaban J connectivity index is 2.24. The first-order valence-corrected chi connectivity index (χ1v) is 9.91. The molecule has 1 N–H and O–H groups in total. The summed E-state index contributed by atoms with van der Waals surface area (Å²) in [5.74, 6) is 1.76. The molecule has 6 heteroatoms. The topological polar surface area (TPSA) is 49.4 Å². The van der Waals surface area contributed by atoms with Gasteiger partial charge >= 0.3 is 0 Å². The largest absolute Gasteiger partial charge is 0.310 e. The third-order valence-corrected chi connectivity index (χ3v) is 6.47. The highest BCUT2D eigenvalue weighted by atomic mass is 32.2. The van der Waals surface area contributed by atoms with E-state index in [-0.39, 0.29) is 0 Å². The molecule has 1 saturated heterocycles. The van der Waals surface area contributed by atoms with Crippen molar-refractivity contribution < 1.29 is 8.42 Å². The number of rotatable bonds is 5. The van der Waals surface area contributed by atoms with Gasteiger partial charge in [-0.25, -0.2) is 8.42 Å². The summed E-state index contributed by atoms with van der Waals surface area (Å²) in [6, 6.07) is 5.83. The molecule has 118 valence electrons. The van der Waals surface area contributed by atoms with Crippen molar-refractivity contribution in [3.8, 4) is 0 Å². The van der Waals surface area contributed by atoms with E-state index in [1.165, 1.54) is 0 Å². The van der Waals surface area contributed by atoms with E-state index >= 15 is 0 Å². The Morgan fingerprint density at radius 2 is 1.95 bits per heavy atom. The summed E-state index contributed by atoms with van der Waals surface area (Å²) < 4.78 is 27.0. The second kappa shape index (κ2) is 7.13. The molecule has 0 radical (unpaired) electrons. The normalized spacial score (nSPS) is 17.3. The van der Waals surface area contributed by atoms with Crippen LogP contribution < -0.4 is 5.32 Å². The van der Waals surface area contributed by atoms with Crippen LogP contribution in [0.4, 0.5) is 0 Å². The molecule has 0 atom stereocenters. The van der Waals surface area contributed by atoms with E-state index in [0.717, 1.165) is 22.6 Å². The molecular formula is C15H24N2O2S2. The molecule has 0 aliphatic carbocycles. The van der Waals surface area contributed by atoms with E-state index in [2.05, 4.69) is 19.2 Å². The molecule has 1 heterocycles. The number of nitrogens with one attached hydrogen (secondary N) is 1.